The molecule has 25 heavy (non-hydrogen) atoms. The first-order chi connectivity index (χ1) is 12.2. The van der Waals surface area contributed by atoms with Crippen LogP contribution in [0.1, 0.15) is 16.1 Å². The molecule has 7 nitrogen and oxygen atoms in total. The summed E-state index contributed by atoms with van der Waals surface area (Å²) in [6, 6.07) is 11.2. The Morgan fingerprint density at radius 1 is 1.08 bits per heavy atom. The number of guanidine groups is 1. The molecule has 1 aromatic heterocycles. The Morgan fingerprint density at radius 2 is 1.84 bits per heavy atom. The minimum absolute atomic E-state index is 0.231. The lowest BCUT2D eigenvalue weighted by Crippen LogP contribution is -2.42. The Kier molecular flexibility index (Phi) is 7.37. The molecule has 2 aromatic rings. The van der Waals surface area contributed by atoms with Gasteiger partial charge in [0.05, 0.1) is 13.4 Å². The third-order valence-electron chi connectivity index (χ3n) is 3.55. The summed E-state index contributed by atoms with van der Waals surface area (Å²) in [5, 5.41) is 9.15. The molecule has 134 valence electrons. The van der Waals surface area contributed by atoms with E-state index in [1.807, 2.05) is 24.3 Å². The van der Waals surface area contributed by atoms with Gasteiger partial charge in [0.1, 0.15) is 5.75 Å². The maximum Gasteiger partial charge on any atom is 0.287 e. The highest BCUT2D eigenvalue weighted by Gasteiger charge is 2.07. The maximum atomic E-state index is 11.7. The molecule has 7 heteroatoms. The fourth-order valence-corrected chi connectivity index (χ4v) is 2.30. The van der Waals surface area contributed by atoms with Gasteiger partial charge in [-0.05, 0) is 30.2 Å². The van der Waals surface area contributed by atoms with Crippen LogP contribution in [0.5, 0.6) is 5.75 Å². The van der Waals surface area contributed by atoms with Crippen LogP contribution in [0, 0.1) is 0 Å². The molecule has 0 radical (unpaired) electrons. The standard InChI is InChI=1S/C18H24N4O3/c1-19-18(21-10-9-14-6-3-4-7-15(14)24-2)22-12-11-20-17(23)16-8-5-13-25-16/h3-8,13H,9-12H2,1-2H3,(H,20,23)(H2,19,21,22). The zero-order chi connectivity index (χ0) is 17.9. The lowest BCUT2D eigenvalue weighted by molar-refractivity contribution is 0.0926. The molecule has 0 fully saturated rings. The summed E-state index contributed by atoms with van der Waals surface area (Å²) < 4.78 is 10.4. The van der Waals surface area contributed by atoms with Crippen LogP contribution in [0.4, 0.5) is 0 Å². The predicted octanol–water partition coefficient (Wildman–Crippen LogP) is 1.43. The number of carbonyl (C=O) groups excluding carboxylic acids is 1. The van der Waals surface area contributed by atoms with Crippen molar-refractivity contribution >= 4 is 11.9 Å². The largest absolute Gasteiger partial charge is 0.496 e. The average Bonchev–Trinajstić information content (AvgIpc) is 3.18. The summed E-state index contributed by atoms with van der Waals surface area (Å²) in [7, 11) is 3.38. The Balaban J connectivity index is 1.66. The number of nitrogens with zero attached hydrogens (tertiary/aromatic N) is 1. The average molecular weight is 344 g/mol. The molecule has 0 saturated carbocycles. The van der Waals surface area contributed by atoms with Crippen molar-refractivity contribution in [3.63, 3.8) is 0 Å². The first-order valence-corrected chi connectivity index (χ1v) is 8.12. The molecule has 0 unspecified atom stereocenters. The van der Waals surface area contributed by atoms with Crippen LogP contribution in [0.2, 0.25) is 0 Å². The number of rotatable bonds is 8. The minimum Gasteiger partial charge on any atom is -0.496 e. The van der Waals surface area contributed by atoms with Crippen LogP contribution < -0.4 is 20.7 Å². The second-order valence-corrected chi connectivity index (χ2v) is 5.22. The third kappa shape index (κ3) is 5.87. The van der Waals surface area contributed by atoms with E-state index in [-0.39, 0.29) is 5.91 Å². The number of furan rings is 1. The molecule has 0 aliphatic heterocycles. The number of hydrogen-bond acceptors (Lipinski definition) is 4. The number of nitrogens with one attached hydrogen (secondary N) is 3. The van der Waals surface area contributed by atoms with Crippen molar-refractivity contribution in [2.75, 3.05) is 33.8 Å². The first-order valence-electron chi connectivity index (χ1n) is 8.12. The van der Waals surface area contributed by atoms with Crippen LogP contribution >= 0.6 is 0 Å². The summed E-state index contributed by atoms with van der Waals surface area (Å²) >= 11 is 0. The van der Waals surface area contributed by atoms with Gasteiger partial charge >= 0.3 is 0 Å². The van der Waals surface area contributed by atoms with E-state index in [0.29, 0.717) is 24.8 Å². The number of para-hydroxylation sites is 1. The summed E-state index contributed by atoms with van der Waals surface area (Å²) in [6.45, 7) is 1.74. The number of amides is 1. The molecule has 3 N–H and O–H groups in total. The van der Waals surface area contributed by atoms with Gasteiger partial charge in [-0.15, -0.1) is 0 Å². The summed E-state index contributed by atoms with van der Waals surface area (Å²) in [5.74, 6) is 1.64. The van der Waals surface area contributed by atoms with Gasteiger partial charge < -0.3 is 25.1 Å². The summed E-state index contributed by atoms with van der Waals surface area (Å²) in [4.78, 5) is 15.9. The van der Waals surface area contributed by atoms with Crippen molar-refractivity contribution in [3.8, 4) is 5.75 Å². The maximum absolute atomic E-state index is 11.7. The molecule has 1 aromatic carbocycles. The van der Waals surface area contributed by atoms with E-state index in [0.717, 1.165) is 24.3 Å². The smallest absolute Gasteiger partial charge is 0.287 e. The highest BCUT2D eigenvalue weighted by molar-refractivity contribution is 5.91. The monoisotopic (exact) mass is 344 g/mol. The van der Waals surface area contributed by atoms with E-state index in [9.17, 15) is 4.79 Å². The van der Waals surface area contributed by atoms with Crippen molar-refractivity contribution in [1.29, 1.82) is 0 Å². The van der Waals surface area contributed by atoms with Gasteiger partial charge in [-0.25, -0.2) is 0 Å². The number of methoxy groups -OCH3 is 1. The molecule has 0 aliphatic rings. The van der Waals surface area contributed by atoms with Crippen molar-refractivity contribution in [1.82, 2.24) is 16.0 Å². The summed E-state index contributed by atoms with van der Waals surface area (Å²) in [6.07, 6.45) is 2.29. The van der Waals surface area contributed by atoms with E-state index < -0.39 is 0 Å². The van der Waals surface area contributed by atoms with Crippen molar-refractivity contribution in [2.45, 2.75) is 6.42 Å². The lowest BCUT2D eigenvalue weighted by Gasteiger charge is -2.13. The van der Waals surface area contributed by atoms with Gasteiger partial charge in [-0.3, -0.25) is 9.79 Å². The van der Waals surface area contributed by atoms with E-state index in [1.165, 1.54) is 6.26 Å². The highest BCUT2D eigenvalue weighted by atomic mass is 16.5. The van der Waals surface area contributed by atoms with Gasteiger partial charge in [-0.1, -0.05) is 18.2 Å². The summed E-state index contributed by atoms with van der Waals surface area (Å²) in [5.41, 5.74) is 1.14. The molecule has 0 saturated heterocycles. The van der Waals surface area contributed by atoms with Crippen LogP contribution in [0.15, 0.2) is 52.1 Å². The van der Waals surface area contributed by atoms with Crippen LogP contribution in [0.3, 0.4) is 0 Å². The Labute approximate surface area is 147 Å². The van der Waals surface area contributed by atoms with E-state index in [2.05, 4.69) is 20.9 Å². The number of carbonyl (C=O) groups is 1. The Bertz CT molecular complexity index is 683. The van der Waals surface area contributed by atoms with Crippen LogP contribution in [-0.2, 0) is 6.42 Å². The van der Waals surface area contributed by atoms with Gasteiger partial charge in [0.15, 0.2) is 11.7 Å². The van der Waals surface area contributed by atoms with Gasteiger partial charge in [0.25, 0.3) is 5.91 Å². The minimum atomic E-state index is -0.231. The van der Waals surface area contributed by atoms with E-state index >= 15 is 0 Å². The van der Waals surface area contributed by atoms with Gasteiger partial charge in [-0.2, -0.15) is 0 Å². The molecular formula is C18H24N4O3. The topological polar surface area (TPSA) is 87.9 Å². The number of ether oxygens (including phenoxy) is 1. The second kappa shape index (κ2) is 10.0. The molecule has 2 rings (SSSR count). The molecule has 0 spiro atoms. The zero-order valence-electron chi connectivity index (χ0n) is 14.5. The van der Waals surface area contributed by atoms with Gasteiger partial charge in [0, 0.05) is 26.7 Å². The first kappa shape index (κ1) is 18.4. The fraction of sp³-hybridized carbons (Fsp3) is 0.333. The molecule has 1 amide bonds. The predicted molar refractivity (Wildman–Crippen MR) is 97.1 cm³/mol. The normalized spacial score (nSPS) is 11.0. The molecule has 1 heterocycles. The highest BCUT2D eigenvalue weighted by Crippen LogP contribution is 2.17. The Hall–Kier alpha value is -2.96. The second-order valence-electron chi connectivity index (χ2n) is 5.22. The quantitative estimate of drug-likeness (QED) is 0.383. The molecule has 0 aliphatic carbocycles. The SMILES string of the molecule is CN=C(NCCNC(=O)c1ccco1)NCCc1ccccc1OC. The third-order valence-corrected chi connectivity index (χ3v) is 3.55. The van der Waals surface area contributed by atoms with E-state index in [4.69, 9.17) is 9.15 Å². The fourth-order valence-electron chi connectivity index (χ4n) is 2.30. The number of aliphatic imine (C=N–C) groups is 1. The molecule has 0 atom stereocenters. The van der Waals surface area contributed by atoms with Crippen molar-refractivity contribution in [2.24, 2.45) is 4.99 Å². The Morgan fingerprint density at radius 3 is 2.56 bits per heavy atom. The van der Waals surface area contributed by atoms with Crippen LogP contribution in [0.25, 0.3) is 0 Å². The van der Waals surface area contributed by atoms with Crippen molar-refractivity contribution < 1.29 is 13.9 Å². The van der Waals surface area contributed by atoms with Crippen LogP contribution in [-0.4, -0.2) is 45.7 Å². The number of benzene rings is 1. The molecular weight excluding hydrogens is 320 g/mol. The van der Waals surface area contributed by atoms with Crippen molar-refractivity contribution in [3.05, 3.63) is 54.0 Å². The van der Waals surface area contributed by atoms with E-state index in [1.54, 1.807) is 26.3 Å². The lowest BCUT2D eigenvalue weighted by atomic mass is 10.1. The zero-order valence-corrected chi connectivity index (χ0v) is 14.5. The number of hydrogen-bond donors (Lipinski definition) is 3. The van der Waals surface area contributed by atoms with Gasteiger partial charge in [0.2, 0.25) is 0 Å². The molecule has 0 bridgehead atoms.